The van der Waals surface area contributed by atoms with Gasteiger partial charge in [-0.2, -0.15) is 0 Å². The van der Waals surface area contributed by atoms with E-state index in [-0.39, 0.29) is 10.6 Å². The molecular weight excluding hydrogens is 476 g/mol. The summed E-state index contributed by atoms with van der Waals surface area (Å²) in [4.78, 5) is 41.5. The number of benzene rings is 3. The number of carbonyl (C=O) groups excluding carboxylic acids is 3. The zero-order valence-electron chi connectivity index (χ0n) is 20.2. The summed E-state index contributed by atoms with van der Waals surface area (Å²) in [6, 6.07) is 21.1. The van der Waals surface area contributed by atoms with Gasteiger partial charge in [0.25, 0.3) is 11.8 Å². The molecule has 3 aromatic carbocycles. The monoisotopic (exact) mass is 502 g/mol. The highest BCUT2D eigenvalue weighted by atomic mass is 32.2. The van der Waals surface area contributed by atoms with Crippen LogP contribution in [0.5, 0.6) is 5.75 Å². The topological polar surface area (TPSA) is 84.9 Å². The highest BCUT2D eigenvalue weighted by Crippen LogP contribution is 2.39. The average Bonchev–Trinajstić information content (AvgIpc) is 3.12. The summed E-state index contributed by atoms with van der Waals surface area (Å²) in [6.07, 6.45) is 0.718. The molecule has 184 valence electrons. The lowest BCUT2D eigenvalue weighted by molar-refractivity contribution is -0.120. The van der Waals surface area contributed by atoms with Gasteiger partial charge in [-0.15, -0.1) is 0 Å². The number of anilines is 2. The van der Waals surface area contributed by atoms with Crippen LogP contribution in [0, 0.1) is 6.92 Å². The summed E-state index contributed by atoms with van der Waals surface area (Å²) < 4.78 is 10.6. The number of hydrogen-bond donors (Lipinski definition) is 1. The largest absolute Gasteiger partial charge is 0.495 e. The molecule has 3 aromatic rings. The van der Waals surface area contributed by atoms with E-state index in [1.54, 1.807) is 36.4 Å². The predicted octanol–water partition coefficient (Wildman–Crippen LogP) is 5.56. The normalized spacial score (nSPS) is 13.2. The molecule has 0 saturated carbocycles. The number of amides is 2. The van der Waals surface area contributed by atoms with Gasteiger partial charge in [-0.05, 0) is 61.9 Å². The van der Waals surface area contributed by atoms with Gasteiger partial charge in [0.05, 0.1) is 30.7 Å². The van der Waals surface area contributed by atoms with Gasteiger partial charge in [-0.3, -0.25) is 9.59 Å². The van der Waals surface area contributed by atoms with E-state index in [1.165, 1.54) is 18.9 Å². The van der Waals surface area contributed by atoms with Crippen molar-refractivity contribution in [2.24, 2.45) is 0 Å². The zero-order valence-corrected chi connectivity index (χ0v) is 21.1. The van der Waals surface area contributed by atoms with Crippen LogP contribution in [0.1, 0.15) is 29.3 Å². The molecule has 7 nitrogen and oxygen atoms in total. The number of imide groups is 1. The van der Waals surface area contributed by atoms with Crippen LogP contribution in [0.25, 0.3) is 0 Å². The van der Waals surface area contributed by atoms with E-state index in [0.29, 0.717) is 29.3 Å². The average molecular weight is 503 g/mol. The third kappa shape index (κ3) is 5.28. The molecule has 2 amide bonds. The number of nitrogens with one attached hydrogen (secondary N) is 1. The number of rotatable bonds is 9. The molecule has 1 N–H and O–H groups in total. The number of nitrogens with zero attached hydrogens (tertiary/aromatic N) is 1. The Morgan fingerprint density at radius 2 is 1.64 bits per heavy atom. The molecule has 0 saturated heterocycles. The lowest BCUT2D eigenvalue weighted by atomic mass is 10.2. The number of ether oxygens (including phenoxy) is 2. The van der Waals surface area contributed by atoms with Gasteiger partial charge in [-0.25, -0.2) is 9.69 Å². The number of thioether (sulfide) groups is 1. The molecule has 0 radical (unpaired) electrons. The number of para-hydroxylation sites is 2. The molecule has 1 heterocycles. The van der Waals surface area contributed by atoms with Crippen LogP contribution in [-0.4, -0.2) is 31.5 Å². The molecule has 1 aliphatic rings. The summed E-state index contributed by atoms with van der Waals surface area (Å²) in [7, 11) is 1.54. The van der Waals surface area contributed by atoms with Crippen molar-refractivity contribution >= 4 is 40.9 Å². The summed E-state index contributed by atoms with van der Waals surface area (Å²) in [5.74, 6) is -0.862. The molecule has 0 bridgehead atoms. The number of hydrogen-bond acceptors (Lipinski definition) is 7. The van der Waals surface area contributed by atoms with Gasteiger partial charge < -0.3 is 14.8 Å². The van der Waals surface area contributed by atoms with Crippen molar-refractivity contribution in [2.75, 3.05) is 23.9 Å². The number of esters is 1. The van der Waals surface area contributed by atoms with Crippen LogP contribution in [0.15, 0.2) is 88.3 Å². The van der Waals surface area contributed by atoms with Gasteiger partial charge in [0.2, 0.25) is 0 Å². The Morgan fingerprint density at radius 1 is 0.944 bits per heavy atom. The van der Waals surface area contributed by atoms with Gasteiger partial charge in [0.1, 0.15) is 16.4 Å². The Kier molecular flexibility index (Phi) is 7.75. The minimum absolute atomic E-state index is 0.154. The minimum Gasteiger partial charge on any atom is -0.495 e. The molecule has 8 heteroatoms. The summed E-state index contributed by atoms with van der Waals surface area (Å²) >= 11 is 1.22. The molecule has 0 unspecified atom stereocenters. The van der Waals surface area contributed by atoms with Gasteiger partial charge >= 0.3 is 5.97 Å². The molecular formula is C28H26N2O5S. The first kappa shape index (κ1) is 25.1. The predicted molar refractivity (Wildman–Crippen MR) is 140 cm³/mol. The van der Waals surface area contributed by atoms with E-state index in [2.05, 4.69) is 5.32 Å². The lowest BCUT2D eigenvalue weighted by Gasteiger charge is -2.16. The van der Waals surface area contributed by atoms with Crippen molar-refractivity contribution in [1.29, 1.82) is 0 Å². The van der Waals surface area contributed by atoms with Crippen LogP contribution in [-0.2, 0) is 14.3 Å². The van der Waals surface area contributed by atoms with Crippen molar-refractivity contribution in [3.05, 3.63) is 94.5 Å². The highest BCUT2D eigenvalue weighted by Gasteiger charge is 2.40. The van der Waals surface area contributed by atoms with E-state index in [1.807, 2.05) is 50.2 Å². The molecule has 0 aromatic heterocycles. The minimum atomic E-state index is -0.498. The maximum Gasteiger partial charge on any atom is 0.338 e. The van der Waals surface area contributed by atoms with Gasteiger partial charge in [-0.1, -0.05) is 48.5 Å². The number of aryl methyl sites for hydroxylation is 1. The van der Waals surface area contributed by atoms with Crippen LogP contribution in [0.4, 0.5) is 11.4 Å². The highest BCUT2D eigenvalue weighted by molar-refractivity contribution is 8.04. The number of methoxy groups -OCH3 is 1. The van der Waals surface area contributed by atoms with Crippen molar-refractivity contribution in [3.8, 4) is 5.75 Å². The Hall–Kier alpha value is -4.04. The van der Waals surface area contributed by atoms with Gasteiger partial charge in [0.15, 0.2) is 0 Å². The van der Waals surface area contributed by atoms with E-state index >= 15 is 0 Å². The van der Waals surface area contributed by atoms with Crippen molar-refractivity contribution < 1.29 is 23.9 Å². The fourth-order valence-corrected chi connectivity index (χ4v) is 4.51. The first-order valence-corrected chi connectivity index (χ1v) is 12.3. The molecule has 36 heavy (non-hydrogen) atoms. The molecule has 1 aliphatic heterocycles. The second-order valence-electron chi connectivity index (χ2n) is 8.07. The summed E-state index contributed by atoms with van der Waals surface area (Å²) in [6.45, 7) is 4.22. The van der Waals surface area contributed by atoms with Crippen LogP contribution < -0.4 is 15.0 Å². The fraction of sp³-hybridized carbons (Fsp3) is 0.179. The second kappa shape index (κ2) is 11.1. The molecule has 0 spiro atoms. The van der Waals surface area contributed by atoms with Crippen molar-refractivity contribution in [1.82, 2.24) is 0 Å². The Morgan fingerprint density at radius 3 is 2.31 bits per heavy atom. The van der Waals surface area contributed by atoms with E-state index in [4.69, 9.17) is 9.47 Å². The first-order chi connectivity index (χ1) is 17.4. The maximum atomic E-state index is 13.6. The zero-order chi connectivity index (χ0) is 25.7. The van der Waals surface area contributed by atoms with Crippen LogP contribution in [0.3, 0.4) is 0 Å². The van der Waals surface area contributed by atoms with Crippen LogP contribution in [0.2, 0.25) is 0 Å². The Labute approximate surface area is 214 Å². The molecule has 0 fully saturated rings. The Balaban J connectivity index is 1.68. The summed E-state index contributed by atoms with van der Waals surface area (Å²) in [5.41, 5.74) is 2.51. The quantitative estimate of drug-likeness (QED) is 0.303. The van der Waals surface area contributed by atoms with Crippen molar-refractivity contribution in [2.45, 2.75) is 25.2 Å². The lowest BCUT2D eigenvalue weighted by Crippen LogP contribution is -2.32. The summed E-state index contributed by atoms with van der Waals surface area (Å²) in [5, 5.41) is 3.12. The maximum absolute atomic E-state index is 13.6. The number of carbonyl (C=O) groups is 3. The van der Waals surface area contributed by atoms with Crippen molar-refractivity contribution in [3.63, 3.8) is 0 Å². The molecule has 0 atom stereocenters. The smallest absolute Gasteiger partial charge is 0.338 e. The van der Waals surface area contributed by atoms with E-state index < -0.39 is 17.8 Å². The van der Waals surface area contributed by atoms with Gasteiger partial charge in [0, 0.05) is 4.90 Å². The Bertz CT molecular complexity index is 1320. The van der Waals surface area contributed by atoms with E-state index in [9.17, 15) is 14.4 Å². The second-order valence-corrected chi connectivity index (χ2v) is 9.16. The molecule has 4 rings (SSSR count). The third-order valence-electron chi connectivity index (χ3n) is 5.45. The standard InChI is InChI=1S/C28H26N2O5S/c1-4-17-35-28(33)19-11-13-20(14-12-19)30-26(31)24(29-22-7-5-6-8-23(22)34-3)25(27(30)32)36-21-15-9-18(2)10-16-21/h5-16,29H,4,17H2,1-3H3. The van der Waals surface area contributed by atoms with E-state index in [0.717, 1.165) is 21.8 Å². The first-order valence-electron chi connectivity index (χ1n) is 11.5. The molecule has 0 aliphatic carbocycles. The fourth-order valence-electron chi connectivity index (χ4n) is 3.58. The SMILES string of the molecule is CCCOC(=O)c1ccc(N2C(=O)C(Nc3ccccc3OC)=C(Sc3ccc(C)cc3)C2=O)cc1. The van der Waals surface area contributed by atoms with Crippen LogP contribution >= 0.6 is 11.8 Å². The third-order valence-corrected chi connectivity index (χ3v) is 6.54.